The van der Waals surface area contributed by atoms with Gasteiger partial charge >= 0.3 is 0 Å². The van der Waals surface area contributed by atoms with Gasteiger partial charge in [0.05, 0.1) is 19.6 Å². The minimum absolute atomic E-state index is 0.550. The molecule has 0 fully saturated rings. The van der Waals surface area contributed by atoms with Gasteiger partial charge in [-0.1, -0.05) is 52.4 Å². The summed E-state index contributed by atoms with van der Waals surface area (Å²) < 4.78 is 19.8. The average molecular weight is 453 g/mol. The van der Waals surface area contributed by atoms with E-state index in [2.05, 4.69) is 43.0 Å². The molecule has 0 aliphatic rings. The molecule has 0 atom stereocenters. The van der Waals surface area contributed by atoms with Gasteiger partial charge in [0, 0.05) is 11.4 Å². The molecule has 0 aliphatic carbocycles. The first kappa shape index (κ1) is 22.7. The molecule has 0 saturated heterocycles. The van der Waals surface area contributed by atoms with Crippen LogP contribution in [0.15, 0.2) is 66.0 Å². The van der Waals surface area contributed by atoms with Gasteiger partial charge in [0.15, 0.2) is 0 Å². The predicted octanol–water partition coefficient (Wildman–Crippen LogP) is 9.14. The number of hydrogen-bond acceptors (Lipinski definition) is 4. The van der Waals surface area contributed by atoms with Crippen molar-refractivity contribution in [2.75, 3.05) is 18.1 Å². The Morgan fingerprint density at radius 3 is 1.59 bits per heavy atom. The number of anilines is 3. The van der Waals surface area contributed by atoms with Crippen LogP contribution in [0, 0.1) is 0 Å². The van der Waals surface area contributed by atoms with E-state index in [1.165, 1.54) is 49.9 Å². The maximum absolute atomic E-state index is 8.00. The van der Waals surface area contributed by atoms with E-state index in [1.54, 1.807) is 0 Å². The summed E-state index contributed by atoms with van der Waals surface area (Å²) in [5.41, 5.74) is 2.09. The fourth-order valence-electron chi connectivity index (χ4n) is 3.58. The van der Waals surface area contributed by atoms with E-state index in [-0.39, 0.29) is 0 Å². The number of unbranched alkanes of at least 4 members (excludes halogenated alkanes) is 6. The van der Waals surface area contributed by atoms with Crippen LogP contribution < -0.4 is 14.4 Å². The Balaban J connectivity index is 1.68. The first-order valence-electron chi connectivity index (χ1n) is 12.5. The van der Waals surface area contributed by atoms with Gasteiger partial charge in [-0.05, 0) is 78.9 Å². The zero-order chi connectivity index (χ0) is 23.3. The van der Waals surface area contributed by atoms with Gasteiger partial charge in [-0.25, -0.2) is 0 Å². The van der Waals surface area contributed by atoms with Crippen molar-refractivity contribution in [3.8, 4) is 11.5 Å². The van der Waals surface area contributed by atoms with Crippen LogP contribution in [0.25, 0.3) is 0 Å². The Labute approximate surface area is 199 Å². The maximum Gasteiger partial charge on any atom is 0.119 e. The fourth-order valence-corrected chi connectivity index (χ4v) is 4.27. The third kappa shape index (κ3) is 7.59. The van der Waals surface area contributed by atoms with E-state index in [0.717, 1.165) is 53.9 Å². The number of ether oxygens (including phenoxy) is 2. The first-order valence-corrected chi connectivity index (χ1v) is 12.8. The van der Waals surface area contributed by atoms with Crippen LogP contribution in [-0.4, -0.2) is 13.2 Å². The Morgan fingerprint density at radius 1 is 0.688 bits per heavy atom. The minimum atomic E-state index is 0.550. The minimum Gasteiger partial charge on any atom is -0.494 e. The van der Waals surface area contributed by atoms with Gasteiger partial charge in [0.2, 0.25) is 0 Å². The zero-order valence-corrected chi connectivity index (χ0v) is 20.3. The van der Waals surface area contributed by atoms with Crippen LogP contribution in [0.4, 0.5) is 16.4 Å². The van der Waals surface area contributed by atoms with Crippen molar-refractivity contribution in [1.82, 2.24) is 0 Å². The van der Waals surface area contributed by atoms with Crippen molar-refractivity contribution >= 4 is 27.7 Å². The third-order valence-electron chi connectivity index (χ3n) is 5.40. The Kier molecular flexibility index (Phi) is 9.83. The molecule has 0 unspecified atom stereocenters. The quantitative estimate of drug-likeness (QED) is 0.215. The van der Waals surface area contributed by atoms with E-state index in [0.29, 0.717) is 5.36 Å². The number of benzene rings is 2. The highest BCUT2D eigenvalue weighted by molar-refractivity contribution is 7.14. The molecule has 0 spiro atoms. The molecule has 3 rings (SSSR count). The molecule has 3 aromatic rings. The molecule has 2 aromatic carbocycles. The number of thiophene rings is 1. The Bertz CT molecular complexity index is 866. The number of hydrogen-bond donors (Lipinski definition) is 0. The molecule has 172 valence electrons. The van der Waals surface area contributed by atoms with Crippen LogP contribution in [0.3, 0.4) is 0 Å². The van der Waals surface area contributed by atoms with Crippen LogP contribution in [0.5, 0.6) is 11.5 Å². The molecule has 0 N–H and O–H groups in total. The van der Waals surface area contributed by atoms with Crippen molar-refractivity contribution in [1.29, 1.82) is 0 Å². The summed E-state index contributed by atoms with van der Waals surface area (Å²) in [7, 11) is 0. The lowest BCUT2D eigenvalue weighted by Gasteiger charge is -2.24. The third-order valence-corrected chi connectivity index (χ3v) is 6.18. The van der Waals surface area contributed by atoms with Gasteiger partial charge in [0.1, 0.15) is 11.5 Å². The monoisotopic (exact) mass is 452 g/mol. The average Bonchev–Trinajstić information content (AvgIpc) is 3.26. The Morgan fingerprint density at radius 2 is 1.19 bits per heavy atom. The van der Waals surface area contributed by atoms with Crippen LogP contribution in [0.1, 0.15) is 66.6 Å². The summed E-state index contributed by atoms with van der Waals surface area (Å²) in [5.74, 6) is 1.80. The van der Waals surface area contributed by atoms with Crippen molar-refractivity contribution in [2.45, 2.75) is 65.2 Å². The molecule has 1 heterocycles. The predicted molar refractivity (Wildman–Crippen MR) is 138 cm³/mol. The van der Waals surface area contributed by atoms with Crippen molar-refractivity contribution in [2.24, 2.45) is 0 Å². The molecule has 4 heteroatoms. The number of nitrogens with zero attached hydrogens (tertiary/aromatic N) is 1. The largest absolute Gasteiger partial charge is 0.494 e. The highest BCUT2D eigenvalue weighted by Gasteiger charge is 2.13. The topological polar surface area (TPSA) is 21.7 Å². The standard InChI is InChI=1S/C28H37NO2S/c1-3-5-7-9-21-30-26-17-13-24(14-18-26)29(28-12-11-23-32-28)25-15-19-27(20-16-25)31-22-10-8-6-4-2/h11-20,23H,3-10,21-22H2,1-2H3/i23D. The maximum atomic E-state index is 8.00. The van der Waals surface area contributed by atoms with Crippen LogP contribution >= 0.6 is 11.3 Å². The second-order valence-electron chi connectivity index (χ2n) is 8.03. The molecule has 0 amide bonds. The summed E-state index contributed by atoms with van der Waals surface area (Å²) in [5, 5.41) is 1.57. The van der Waals surface area contributed by atoms with Crippen molar-refractivity contribution in [3.63, 3.8) is 0 Å². The molecule has 0 aliphatic heterocycles. The molecule has 3 nitrogen and oxygen atoms in total. The van der Waals surface area contributed by atoms with E-state index >= 15 is 0 Å². The smallest absolute Gasteiger partial charge is 0.119 e. The first-order chi connectivity index (χ1) is 16.2. The molecule has 0 radical (unpaired) electrons. The normalized spacial score (nSPS) is 11.2. The van der Waals surface area contributed by atoms with Crippen molar-refractivity contribution < 1.29 is 10.8 Å². The van der Waals surface area contributed by atoms with Crippen LogP contribution in [0.2, 0.25) is 0 Å². The van der Waals surface area contributed by atoms with Gasteiger partial charge in [-0.15, -0.1) is 11.3 Å². The molecular weight excluding hydrogens is 414 g/mol. The summed E-state index contributed by atoms with van der Waals surface area (Å²) in [6, 6.07) is 20.3. The molecule has 0 saturated carbocycles. The molecule has 1 aromatic heterocycles. The highest BCUT2D eigenvalue weighted by Crippen LogP contribution is 2.38. The van der Waals surface area contributed by atoms with Gasteiger partial charge in [-0.2, -0.15) is 0 Å². The Hall–Kier alpha value is -2.46. The molecular formula is C28H37NO2S. The van der Waals surface area contributed by atoms with E-state index in [4.69, 9.17) is 10.8 Å². The lowest BCUT2D eigenvalue weighted by Crippen LogP contribution is -2.08. The molecule has 0 bridgehead atoms. The summed E-state index contributed by atoms with van der Waals surface area (Å²) in [4.78, 5) is 2.18. The summed E-state index contributed by atoms with van der Waals surface area (Å²) >= 11 is 1.47. The van der Waals surface area contributed by atoms with E-state index in [9.17, 15) is 0 Å². The van der Waals surface area contributed by atoms with E-state index in [1.807, 2.05) is 36.4 Å². The van der Waals surface area contributed by atoms with Gasteiger partial charge in [-0.3, -0.25) is 0 Å². The van der Waals surface area contributed by atoms with Gasteiger partial charge in [0.25, 0.3) is 0 Å². The van der Waals surface area contributed by atoms with Gasteiger partial charge < -0.3 is 14.4 Å². The second-order valence-corrected chi connectivity index (χ2v) is 8.89. The number of rotatable bonds is 15. The molecule has 32 heavy (non-hydrogen) atoms. The summed E-state index contributed by atoms with van der Waals surface area (Å²) in [6.07, 6.45) is 9.62. The van der Waals surface area contributed by atoms with E-state index < -0.39 is 0 Å². The second kappa shape index (κ2) is 13.8. The summed E-state index contributed by atoms with van der Waals surface area (Å²) in [6.45, 7) is 5.96. The lowest BCUT2D eigenvalue weighted by molar-refractivity contribution is 0.305. The lowest BCUT2D eigenvalue weighted by atomic mass is 10.2. The SMILES string of the molecule is [2H]c1ccc(N(c2ccc(OCCCCCC)cc2)c2ccc(OCCCCCC)cc2)s1. The highest BCUT2D eigenvalue weighted by atomic mass is 32.1. The van der Waals surface area contributed by atoms with Crippen molar-refractivity contribution in [3.05, 3.63) is 66.0 Å². The zero-order valence-electron chi connectivity index (χ0n) is 20.5. The fraction of sp³-hybridized carbons (Fsp3) is 0.429. The van der Waals surface area contributed by atoms with Crippen LogP contribution in [-0.2, 0) is 0 Å².